The molecule has 0 aromatic carbocycles. The smallest absolute Gasteiger partial charge is 0.344 e. The lowest BCUT2D eigenvalue weighted by molar-refractivity contribution is -0.198. The fraction of sp³-hybridized carbons (Fsp3) is 0.692. The van der Waals surface area contributed by atoms with Crippen LogP contribution < -0.4 is 5.32 Å². The second-order valence-corrected chi connectivity index (χ2v) is 5.18. The van der Waals surface area contributed by atoms with Gasteiger partial charge in [0, 0.05) is 19.0 Å². The van der Waals surface area contributed by atoms with E-state index < -0.39 is 49.2 Å². The van der Waals surface area contributed by atoms with Crippen molar-refractivity contribution in [3.8, 4) is 0 Å². The third-order valence-corrected chi connectivity index (χ3v) is 3.44. The van der Waals surface area contributed by atoms with Crippen LogP contribution in [0, 0.1) is 0 Å². The maximum Gasteiger partial charge on any atom is 0.471 e. The first kappa shape index (κ1) is 19.3. The van der Waals surface area contributed by atoms with E-state index in [0.29, 0.717) is 4.90 Å². The fourth-order valence-electron chi connectivity index (χ4n) is 2.34. The zero-order valence-corrected chi connectivity index (χ0v) is 12.0. The Morgan fingerprint density at radius 1 is 1.17 bits per heavy atom. The number of amides is 2. The van der Waals surface area contributed by atoms with Gasteiger partial charge in [-0.1, -0.05) is 6.08 Å². The lowest BCUT2D eigenvalue weighted by Gasteiger charge is -2.40. The Kier molecular flexibility index (Phi) is 6.06. The predicted molar refractivity (Wildman–Crippen MR) is 68.2 cm³/mol. The maximum absolute atomic E-state index is 13.0. The van der Waals surface area contributed by atoms with E-state index in [-0.39, 0.29) is 19.3 Å². The van der Waals surface area contributed by atoms with Crippen LogP contribution >= 0.6 is 0 Å². The monoisotopic (exact) mass is 346 g/mol. The predicted octanol–water partition coefficient (Wildman–Crippen LogP) is 2.55. The highest BCUT2D eigenvalue weighted by Crippen LogP contribution is 2.32. The van der Waals surface area contributed by atoms with Crippen molar-refractivity contribution in [1.82, 2.24) is 10.2 Å². The molecule has 1 rings (SSSR count). The molecule has 1 saturated heterocycles. The van der Waals surface area contributed by atoms with E-state index in [1.165, 1.54) is 6.08 Å². The van der Waals surface area contributed by atoms with Gasteiger partial charge in [-0.3, -0.25) is 9.59 Å². The van der Waals surface area contributed by atoms with Crippen molar-refractivity contribution in [3.63, 3.8) is 0 Å². The Bertz CT molecular complexity index is 460. The summed E-state index contributed by atoms with van der Waals surface area (Å²) < 4.78 is 75.5. The minimum atomic E-state index is -5.13. The molecule has 0 saturated carbocycles. The molecule has 2 amide bonds. The number of nitrogens with zero attached hydrogens (tertiary/aromatic N) is 1. The van der Waals surface area contributed by atoms with E-state index in [2.05, 4.69) is 6.58 Å². The zero-order valence-electron chi connectivity index (χ0n) is 12.0. The van der Waals surface area contributed by atoms with Gasteiger partial charge in [0.1, 0.15) is 6.04 Å². The first-order chi connectivity index (χ1) is 10.5. The lowest BCUT2D eigenvalue weighted by atomic mass is 9.97. The first-order valence-corrected chi connectivity index (χ1v) is 6.81. The van der Waals surface area contributed by atoms with Crippen LogP contribution in [0.25, 0.3) is 0 Å². The molecule has 0 aromatic heterocycles. The first-order valence-electron chi connectivity index (χ1n) is 6.81. The van der Waals surface area contributed by atoms with Crippen molar-refractivity contribution >= 4 is 11.8 Å². The Morgan fingerprint density at radius 3 is 2.26 bits per heavy atom. The molecular weight excluding hydrogens is 330 g/mol. The van der Waals surface area contributed by atoms with E-state index in [0.717, 1.165) is 0 Å². The number of alkyl halides is 6. The number of hydrogen-bond acceptors (Lipinski definition) is 2. The van der Waals surface area contributed by atoms with Gasteiger partial charge in [-0.25, -0.2) is 0 Å². The van der Waals surface area contributed by atoms with Crippen LogP contribution in [0.5, 0.6) is 0 Å². The number of halogens is 6. The molecule has 1 N–H and O–H groups in total. The van der Waals surface area contributed by atoms with Gasteiger partial charge in [-0.05, 0) is 19.3 Å². The largest absolute Gasteiger partial charge is 0.471 e. The summed E-state index contributed by atoms with van der Waals surface area (Å²) in [5.74, 6) is -3.07. The number of piperidine rings is 1. The van der Waals surface area contributed by atoms with Gasteiger partial charge in [0.25, 0.3) is 0 Å². The van der Waals surface area contributed by atoms with E-state index in [4.69, 9.17) is 0 Å². The van der Waals surface area contributed by atoms with Crippen molar-refractivity contribution < 1.29 is 35.9 Å². The number of likely N-dealkylation sites (tertiary alicyclic amines) is 1. The van der Waals surface area contributed by atoms with Crippen molar-refractivity contribution in [2.24, 2.45) is 0 Å². The summed E-state index contributed by atoms with van der Waals surface area (Å²) in [6, 6.07) is -3.23. The average molecular weight is 346 g/mol. The Labute approximate surface area is 128 Å². The van der Waals surface area contributed by atoms with Crippen molar-refractivity contribution in [2.75, 3.05) is 6.54 Å². The molecule has 0 aliphatic carbocycles. The maximum atomic E-state index is 13.0. The van der Waals surface area contributed by atoms with Crippen LogP contribution in [0.1, 0.15) is 25.7 Å². The molecule has 10 heteroatoms. The van der Waals surface area contributed by atoms with Crippen LogP contribution in [0.2, 0.25) is 0 Å². The molecule has 0 radical (unpaired) electrons. The van der Waals surface area contributed by atoms with Crippen LogP contribution in [-0.4, -0.2) is 47.7 Å². The molecule has 0 aromatic rings. The topological polar surface area (TPSA) is 49.4 Å². The molecule has 0 bridgehead atoms. The van der Waals surface area contributed by atoms with Crippen LogP contribution in [0.15, 0.2) is 12.7 Å². The van der Waals surface area contributed by atoms with Gasteiger partial charge in [0.05, 0.1) is 0 Å². The molecule has 2 atom stereocenters. The third kappa shape index (κ3) is 5.43. The van der Waals surface area contributed by atoms with Crippen molar-refractivity contribution in [3.05, 3.63) is 12.7 Å². The molecule has 4 nitrogen and oxygen atoms in total. The number of nitrogens with one attached hydrogen (secondary N) is 1. The van der Waals surface area contributed by atoms with Gasteiger partial charge in [-0.2, -0.15) is 26.3 Å². The summed E-state index contributed by atoms with van der Waals surface area (Å²) in [6.45, 7) is 2.74. The highest BCUT2D eigenvalue weighted by Gasteiger charge is 2.49. The van der Waals surface area contributed by atoms with E-state index in [9.17, 15) is 35.9 Å². The normalized spacial score (nSPS) is 22.6. The summed E-state index contributed by atoms with van der Waals surface area (Å²) in [7, 11) is 0. The summed E-state index contributed by atoms with van der Waals surface area (Å²) in [6.07, 6.45) is -9.38. The summed E-state index contributed by atoms with van der Waals surface area (Å²) >= 11 is 0. The van der Waals surface area contributed by atoms with E-state index >= 15 is 0 Å². The minimum absolute atomic E-state index is 0.152. The fourth-order valence-corrected chi connectivity index (χ4v) is 2.34. The molecule has 23 heavy (non-hydrogen) atoms. The Morgan fingerprint density at radius 2 is 1.78 bits per heavy atom. The molecular formula is C13H16F6N2O2. The van der Waals surface area contributed by atoms with Gasteiger partial charge in [-0.15, -0.1) is 6.58 Å². The molecule has 1 fully saturated rings. The SMILES string of the molecule is C=CCCC(=O)N1CC(NC(=O)C(F)(F)F)CCC1C(F)(F)F. The van der Waals surface area contributed by atoms with Gasteiger partial charge < -0.3 is 10.2 Å². The summed E-state index contributed by atoms with van der Waals surface area (Å²) in [5, 5.41) is 1.63. The highest BCUT2D eigenvalue weighted by atomic mass is 19.4. The van der Waals surface area contributed by atoms with Gasteiger partial charge in [0.2, 0.25) is 5.91 Å². The van der Waals surface area contributed by atoms with Crippen LogP contribution in [0.4, 0.5) is 26.3 Å². The number of hydrogen-bond donors (Lipinski definition) is 1. The molecule has 2 unspecified atom stereocenters. The quantitative estimate of drug-likeness (QED) is 0.628. The summed E-state index contributed by atoms with van der Waals surface area (Å²) in [5.41, 5.74) is 0. The molecule has 1 aliphatic rings. The number of carbonyl (C=O) groups is 2. The molecule has 0 spiro atoms. The minimum Gasteiger partial charge on any atom is -0.344 e. The number of rotatable bonds is 4. The third-order valence-electron chi connectivity index (χ3n) is 3.44. The second kappa shape index (κ2) is 7.22. The second-order valence-electron chi connectivity index (χ2n) is 5.18. The Hall–Kier alpha value is -1.74. The van der Waals surface area contributed by atoms with Gasteiger partial charge >= 0.3 is 18.3 Å². The molecule has 1 heterocycles. The highest BCUT2D eigenvalue weighted by molar-refractivity contribution is 5.82. The van der Waals surface area contributed by atoms with E-state index in [1.807, 2.05) is 0 Å². The molecule has 132 valence electrons. The summed E-state index contributed by atoms with van der Waals surface area (Å²) in [4.78, 5) is 23.3. The van der Waals surface area contributed by atoms with Crippen molar-refractivity contribution in [1.29, 1.82) is 0 Å². The van der Waals surface area contributed by atoms with Crippen molar-refractivity contribution in [2.45, 2.75) is 50.1 Å². The van der Waals surface area contributed by atoms with Crippen LogP contribution in [0.3, 0.4) is 0 Å². The lowest BCUT2D eigenvalue weighted by Crippen LogP contribution is -2.59. The van der Waals surface area contributed by atoms with E-state index in [1.54, 1.807) is 5.32 Å². The average Bonchev–Trinajstić information content (AvgIpc) is 2.42. The number of carbonyl (C=O) groups excluding carboxylic acids is 2. The Balaban J connectivity index is 2.83. The van der Waals surface area contributed by atoms with Crippen LogP contribution in [-0.2, 0) is 9.59 Å². The number of allylic oxidation sites excluding steroid dienone is 1. The van der Waals surface area contributed by atoms with Gasteiger partial charge in [0.15, 0.2) is 0 Å². The standard InChI is InChI=1S/C13H16F6N2O2/c1-2-3-4-10(22)21-7-8(20-11(23)13(17,18)19)5-6-9(21)12(14,15)16/h2,8-9H,1,3-7H2,(H,20,23). The zero-order chi connectivity index (χ0) is 17.8. The molecule has 1 aliphatic heterocycles.